The van der Waals surface area contributed by atoms with E-state index in [1.54, 1.807) is 0 Å². The normalized spacial score (nSPS) is 12.9. The van der Waals surface area contributed by atoms with E-state index in [-0.39, 0.29) is 6.03 Å². The minimum atomic E-state index is -0.270. The summed E-state index contributed by atoms with van der Waals surface area (Å²) < 4.78 is 6.01. The lowest BCUT2D eigenvalue weighted by Crippen LogP contribution is -2.20. The highest BCUT2D eigenvalue weighted by atomic mass is 32.2. The quantitative estimate of drug-likeness (QED) is 0.186. The van der Waals surface area contributed by atoms with Crippen molar-refractivity contribution in [3.05, 3.63) is 65.2 Å². The number of nitrogens with one attached hydrogen (secondary N) is 2. The van der Waals surface area contributed by atoms with Gasteiger partial charge in [0.1, 0.15) is 5.75 Å². The third-order valence-corrected chi connectivity index (χ3v) is 7.83. The molecule has 0 aromatic heterocycles. The van der Waals surface area contributed by atoms with Crippen LogP contribution in [0, 0.1) is 0 Å². The lowest BCUT2D eigenvalue weighted by Gasteiger charge is -2.15. The number of hydrogen-bond donors (Lipinski definition) is 2. The average molecular weight is 538 g/mol. The second-order valence-electron chi connectivity index (χ2n) is 10.3. The van der Waals surface area contributed by atoms with Crippen molar-refractivity contribution in [2.45, 2.75) is 97.4 Å². The number of carbonyl (C=O) groups excluding carboxylic acids is 1. The molecule has 2 N–H and O–H groups in total. The van der Waals surface area contributed by atoms with Crippen LogP contribution in [0.4, 0.5) is 16.2 Å². The Bertz CT molecular complexity index is 977. The summed E-state index contributed by atoms with van der Waals surface area (Å²) in [7, 11) is 0. The lowest BCUT2D eigenvalue weighted by atomic mass is 10.1. The van der Waals surface area contributed by atoms with E-state index in [9.17, 15) is 4.79 Å². The molecule has 0 unspecified atom stereocenters. The van der Waals surface area contributed by atoms with Gasteiger partial charge in [0.2, 0.25) is 0 Å². The van der Waals surface area contributed by atoms with Gasteiger partial charge in [-0.05, 0) is 48.1 Å². The van der Waals surface area contributed by atoms with Gasteiger partial charge in [0.05, 0.1) is 18.2 Å². The van der Waals surface area contributed by atoms with Crippen LogP contribution in [0.15, 0.2) is 59.6 Å². The minimum Gasteiger partial charge on any atom is -0.491 e. The van der Waals surface area contributed by atoms with E-state index in [1.807, 2.05) is 48.2 Å². The van der Waals surface area contributed by atoms with Gasteiger partial charge in [-0.3, -0.25) is 0 Å². The van der Waals surface area contributed by atoms with E-state index in [1.165, 1.54) is 81.1 Å². The number of hydrogen-bond acceptors (Lipinski definition) is 4. The van der Waals surface area contributed by atoms with E-state index >= 15 is 0 Å². The van der Waals surface area contributed by atoms with E-state index in [2.05, 4.69) is 47.7 Å². The Morgan fingerprint density at radius 1 is 0.842 bits per heavy atom. The molecule has 3 rings (SSSR count). The lowest BCUT2D eigenvalue weighted by molar-refractivity contribution is 0.261. The second kappa shape index (κ2) is 17.8. The first-order chi connectivity index (χ1) is 18.6. The van der Waals surface area contributed by atoms with Crippen molar-refractivity contribution in [3.63, 3.8) is 0 Å². The molecule has 0 fully saturated rings. The van der Waals surface area contributed by atoms with E-state index in [4.69, 9.17) is 4.74 Å². The van der Waals surface area contributed by atoms with Crippen LogP contribution < -0.4 is 15.4 Å². The Morgan fingerprint density at radius 2 is 1.47 bits per heavy atom. The van der Waals surface area contributed by atoms with Crippen molar-refractivity contribution in [2.24, 2.45) is 0 Å². The number of nitrogens with zero attached hydrogens (tertiary/aromatic N) is 1. The van der Waals surface area contributed by atoms with Gasteiger partial charge < -0.3 is 20.3 Å². The summed E-state index contributed by atoms with van der Waals surface area (Å²) in [6.45, 7) is 5.96. The maximum Gasteiger partial charge on any atom is 0.323 e. The molecule has 38 heavy (non-hydrogen) atoms. The molecular formula is C32H47N3O2S. The number of unbranched alkanes of at least 4 members (excludes halogenated alkanes) is 11. The zero-order chi connectivity index (χ0) is 26.8. The molecule has 0 atom stereocenters. The molecule has 0 spiro atoms. The first kappa shape index (κ1) is 29.9. The maximum absolute atomic E-state index is 12.6. The first-order valence-corrected chi connectivity index (χ1v) is 15.6. The van der Waals surface area contributed by atoms with Crippen LogP contribution in [-0.4, -0.2) is 23.4 Å². The Hall–Kier alpha value is -2.60. The standard InChI is InChI=1S/C32H47N3O2S/c1-3-4-5-6-7-8-9-10-11-12-13-16-23-37-31-18-15-14-17-30(31)34-32(36)33-29-21-19-28(20-22-29)25-35-24-27(2)38-26-35/h14-15,17-22,24H,3-13,16,23,25-26H2,1-2H3,(H2,33,34,36). The summed E-state index contributed by atoms with van der Waals surface area (Å²) in [5.41, 5.74) is 2.68. The number of benzene rings is 2. The van der Waals surface area contributed by atoms with Crippen molar-refractivity contribution in [1.29, 1.82) is 0 Å². The molecule has 0 radical (unpaired) electrons. The zero-order valence-electron chi connectivity index (χ0n) is 23.5. The molecule has 2 aromatic rings. The number of carbonyl (C=O) groups is 1. The largest absolute Gasteiger partial charge is 0.491 e. The number of thioether (sulfide) groups is 1. The van der Waals surface area contributed by atoms with Crippen molar-refractivity contribution in [2.75, 3.05) is 23.1 Å². The number of para-hydroxylation sites is 2. The molecule has 5 nitrogen and oxygen atoms in total. The number of ether oxygens (including phenoxy) is 1. The summed E-state index contributed by atoms with van der Waals surface area (Å²) in [6, 6.07) is 15.4. The highest BCUT2D eigenvalue weighted by molar-refractivity contribution is 8.03. The van der Waals surface area contributed by atoms with Crippen molar-refractivity contribution >= 4 is 29.2 Å². The van der Waals surface area contributed by atoms with Crippen LogP contribution in [0.5, 0.6) is 5.75 Å². The van der Waals surface area contributed by atoms with E-state index in [0.29, 0.717) is 18.0 Å². The molecular weight excluding hydrogens is 490 g/mol. The van der Waals surface area contributed by atoms with Gasteiger partial charge in [0.15, 0.2) is 0 Å². The van der Waals surface area contributed by atoms with Crippen LogP contribution in [0.3, 0.4) is 0 Å². The van der Waals surface area contributed by atoms with Gasteiger partial charge in [-0.1, -0.05) is 102 Å². The molecule has 0 saturated heterocycles. The second-order valence-corrected chi connectivity index (χ2v) is 11.5. The van der Waals surface area contributed by atoms with Gasteiger partial charge in [0, 0.05) is 18.4 Å². The number of amides is 2. The molecule has 2 amide bonds. The molecule has 208 valence electrons. The molecule has 0 aliphatic carbocycles. The van der Waals surface area contributed by atoms with Crippen LogP contribution >= 0.6 is 11.8 Å². The Balaban J connectivity index is 1.29. The van der Waals surface area contributed by atoms with E-state index < -0.39 is 0 Å². The highest BCUT2D eigenvalue weighted by Gasteiger charge is 2.11. The fourth-order valence-electron chi connectivity index (χ4n) is 4.64. The van der Waals surface area contributed by atoms with Crippen molar-refractivity contribution in [1.82, 2.24) is 4.90 Å². The van der Waals surface area contributed by atoms with Gasteiger partial charge in [-0.2, -0.15) is 0 Å². The fourth-order valence-corrected chi connectivity index (χ4v) is 5.40. The fraction of sp³-hybridized carbons (Fsp3) is 0.531. The Morgan fingerprint density at radius 3 is 2.11 bits per heavy atom. The number of rotatable bonds is 18. The third-order valence-electron chi connectivity index (χ3n) is 6.81. The van der Waals surface area contributed by atoms with Crippen LogP contribution in [-0.2, 0) is 6.54 Å². The van der Waals surface area contributed by atoms with Crippen LogP contribution in [0.1, 0.15) is 96.5 Å². The third kappa shape index (κ3) is 11.8. The predicted octanol–water partition coefficient (Wildman–Crippen LogP) is 9.78. The Kier molecular flexibility index (Phi) is 14.0. The van der Waals surface area contributed by atoms with Gasteiger partial charge in [0.25, 0.3) is 0 Å². The topological polar surface area (TPSA) is 53.6 Å². The first-order valence-electron chi connectivity index (χ1n) is 14.6. The van der Waals surface area contributed by atoms with E-state index in [0.717, 1.165) is 24.5 Å². The number of urea groups is 1. The molecule has 0 saturated carbocycles. The maximum atomic E-state index is 12.6. The number of allylic oxidation sites excluding steroid dienone is 1. The zero-order valence-corrected chi connectivity index (χ0v) is 24.3. The van der Waals surface area contributed by atoms with Crippen LogP contribution in [0.2, 0.25) is 0 Å². The molecule has 1 aliphatic heterocycles. The molecule has 0 bridgehead atoms. The van der Waals surface area contributed by atoms with Crippen molar-refractivity contribution in [3.8, 4) is 5.75 Å². The number of anilines is 2. The SMILES string of the molecule is CCCCCCCCCCCCCCOc1ccccc1NC(=O)Nc1ccc(CN2C=C(C)SC2)cc1. The highest BCUT2D eigenvalue weighted by Crippen LogP contribution is 2.27. The van der Waals surface area contributed by atoms with Gasteiger partial charge in [-0.25, -0.2) is 4.79 Å². The molecule has 1 aliphatic rings. The summed E-state index contributed by atoms with van der Waals surface area (Å²) in [4.78, 5) is 16.3. The summed E-state index contributed by atoms with van der Waals surface area (Å²) >= 11 is 1.86. The summed E-state index contributed by atoms with van der Waals surface area (Å²) in [5, 5.41) is 5.87. The smallest absolute Gasteiger partial charge is 0.323 e. The van der Waals surface area contributed by atoms with Crippen molar-refractivity contribution < 1.29 is 9.53 Å². The Labute approximate surface area is 234 Å². The summed E-state index contributed by atoms with van der Waals surface area (Å²) in [5.74, 6) is 1.71. The predicted molar refractivity (Wildman–Crippen MR) is 164 cm³/mol. The molecule has 2 aromatic carbocycles. The molecule has 1 heterocycles. The monoisotopic (exact) mass is 537 g/mol. The van der Waals surface area contributed by atoms with Gasteiger partial charge in [-0.15, -0.1) is 11.8 Å². The minimum absolute atomic E-state index is 0.270. The molecule has 6 heteroatoms. The van der Waals surface area contributed by atoms with Crippen LogP contribution in [0.25, 0.3) is 0 Å². The van der Waals surface area contributed by atoms with Gasteiger partial charge >= 0.3 is 6.03 Å². The summed E-state index contributed by atoms with van der Waals surface area (Å²) in [6.07, 6.45) is 18.1. The average Bonchev–Trinajstić information content (AvgIpc) is 3.33.